The summed E-state index contributed by atoms with van der Waals surface area (Å²) in [5, 5.41) is 7.90. The van der Waals surface area contributed by atoms with Gasteiger partial charge in [0.15, 0.2) is 5.96 Å². The Labute approximate surface area is 182 Å². The van der Waals surface area contributed by atoms with Gasteiger partial charge in [-0.1, -0.05) is 36.4 Å². The minimum atomic E-state index is -0.0228. The van der Waals surface area contributed by atoms with Crippen LogP contribution in [-0.2, 0) is 11.2 Å². The molecule has 1 aromatic heterocycles. The van der Waals surface area contributed by atoms with Crippen molar-refractivity contribution in [1.29, 1.82) is 0 Å². The van der Waals surface area contributed by atoms with E-state index in [1.165, 1.54) is 16.0 Å². The van der Waals surface area contributed by atoms with Crippen LogP contribution in [0, 0.1) is 0 Å². The van der Waals surface area contributed by atoms with Gasteiger partial charge in [0.25, 0.3) is 0 Å². The van der Waals surface area contributed by atoms with Gasteiger partial charge in [-0.05, 0) is 29.7 Å². The van der Waals surface area contributed by atoms with Gasteiger partial charge in [-0.15, -0.1) is 11.8 Å². The van der Waals surface area contributed by atoms with E-state index in [4.69, 9.17) is 0 Å². The maximum Gasteiger partial charge on any atom is 0.243 e. The highest BCUT2D eigenvalue weighted by Crippen LogP contribution is 2.16. The van der Waals surface area contributed by atoms with Crippen LogP contribution in [0.5, 0.6) is 0 Å². The van der Waals surface area contributed by atoms with Gasteiger partial charge < -0.3 is 20.5 Å². The van der Waals surface area contributed by atoms with Gasteiger partial charge in [0.1, 0.15) is 6.54 Å². The summed E-state index contributed by atoms with van der Waals surface area (Å²) in [6, 6.07) is 20.8. The Morgan fingerprint density at radius 1 is 1.03 bits per heavy atom. The van der Waals surface area contributed by atoms with E-state index < -0.39 is 0 Å². The summed E-state index contributed by atoms with van der Waals surface area (Å²) in [4.78, 5) is 22.6. The first-order chi connectivity index (χ1) is 14.6. The second-order valence-electron chi connectivity index (χ2n) is 7.10. The number of rotatable bonds is 9. The number of carbonyl (C=O) groups is 1. The zero-order chi connectivity index (χ0) is 21.2. The van der Waals surface area contributed by atoms with Crippen LogP contribution in [0.3, 0.4) is 0 Å². The van der Waals surface area contributed by atoms with Gasteiger partial charge in [-0.2, -0.15) is 0 Å². The maximum atomic E-state index is 11.9. The molecule has 0 spiro atoms. The smallest absolute Gasteiger partial charge is 0.243 e. The van der Waals surface area contributed by atoms with Gasteiger partial charge in [0, 0.05) is 55.5 Å². The molecular weight excluding hydrogens is 394 g/mol. The fourth-order valence-electron chi connectivity index (χ4n) is 2.90. The fourth-order valence-corrected chi connectivity index (χ4v) is 3.69. The molecule has 3 N–H and O–H groups in total. The van der Waals surface area contributed by atoms with Crippen LogP contribution in [-0.4, -0.2) is 61.2 Å². The summed E-state index contributed by atoms with van der Waals surface area (Å²) in [5.74, 6) is 1.55. The number of benzene rings is 2. The van der Waals surface area contributed by atoms with Crippen molar-refractivity contribution in [3.05, 3.63) is 66.4 Å². The zero-order valence-electron chi connectivity index (χ0n) is 17.5. The quantitative estimate of drug-likeness (QED) is 0.214. The summed E-state index contributed by atoms with van der Waals surface area (Å²) in [6.07, 6.45) is 0.843. The predicted octanol–water partition coefficient (Wildman–Crippen LogP) is 3.13. The maximum absolute atomic E-state index is 11.9. The highest BCUT2D eigenvalue weighted by Gasteiger charge is 2.05. The number of aromatic amines is 1. The van der Waals surface area contributed by atoms with E-state index in [1.807, 2.05) is 30.3 Å². The summed E-state index contributed by atoms with van der Waals surface area (Å²) in [5.41, 5.74) is 2.32. The molecule has 7 heteroatoms. The number of hydrogen-bond acceptors (Lipinski definition) is 3. The van der Waals surface area contributed by atoms with Crippen molar-refractivity contribution in [2.45, 2.75) is 11.3 Å². The first kappa shape index (κ1) is 21.8. The van der Waals surface area contributed by atoms with E-state index in [9.17, 15) is 4.79 Å². The molecule has 3 aromatic rings. The van der Waals surface area contributed by atoms with Crippen LogP contribution >= 0.6 is 11.8 Å². The number of carbonyl (C=O) groups excluding carboxylic acids is 1. The molecule has 0 aliphatic carbocycles. The number of nitrogens with one attached hydrogen (secondary N) is 3. The Morgan fingerprint density at radius 2 is 1.77 bits per heavy atom. The molecule has 6 nitrogen and oxygen atoms in total. The third kappa shape index (κ3) is 6.84. The van der Waals surface area contributed by atoms with Crippen molar-refractivity contribution in [2.75, 3.05) is 39.5 Å². The minimum Gasteiger partial charge on any atom is -0.358 e. The number of thioether (sulfide) groups is 1. The number of aromatic nitrogens is 1. The standard InChI is InChI=1S/C23H29N5OS/c1-28(2)22(29)17-26-23(25-14-15-30-20-9-4-3-5-10-20)24-13-12-19-16-18-8-6-7-11-21(18)27-19/h3-11,16,27H,12-15,17H2,1-2H3,(H2,24,25,26). The van der Waals surface area contributed by atoms with Crippen molar-refractivity contribution in [1.82, 2.24) is 20.5 Å². The van der Waals surface area contributed by atoms with E-state index >= 15 is 0 Å². The molecule has 30 heavy (non-hydrogen) atoms. The summed E-state index contributed by atoms with van der Waals surface area (Å²) >= 11 is 1.79. The SMILES string of the molecule is CN(C)C(=O)CN=C(NCCSc1ccccc1)NCCc1cc2ccccc2[nH]1. The van der Waals surface area contributed by atoms with E-state index in [1.54, 1.807) is 30.8 Å². The molecule has 0 aliphatic rings. The number of fused-ring (bicyclic) bond motifs is 1. The normalized spacial score (nSPS) is 11.5. The zero-order valence-corrected chi connectivity index (χ0v) is 18.3. The van der Waals surface area contributed by atoms with Crippen LogP contribution in [0.25, 0.3) is 10.9 Å². The fraction of sp³-hybridized carbons (Fsp3) is 0.304. The molecular formula is C23H29N5OS. The molecule has 0 radical (unpaired) electrons. The molecule has 0 unspecified atom stereocenters. The number of aliphatic imine (C=N–C) groups is 1. The van der Waals surface area contributed by atoms with Crippen LogP contribution in [0.1, 0.15) is 5.69 Å². The van der Waals surface area contributed by atoms with Gasteiger partial charge >= 0.3 is 0 Å². The molecule has 158 valence electrons. The van der Waals surface area contributed by atoms with Gasteiger partial charge in [-0.25, -0.2) is 4.99 Å². The Bertz CT molecular complexity index is 935. The van der Waals surface area contributed by atoms with E-state index in [2.05, 4.69) is 50.9 Å². The second-order valence-corrected chi connectivity index (χ2v) is 8.27. The van der Waals surface area contributed by atoms with Gasteiger partial charge in [-0.3, -0.25) is 4.79 Å². The number of likely N-dealkylation sites (N-methyl/N-ethyl adjacent to an activating group) is 1. The van der Waals surface area contributed by atoms with Crippen LogP contribution in [0.15, 0.2) is 70.6 Å². The molecule has 0 saturated carbocycles. The van der Waals surface area contributed by atoms with Crippen molar-refractivity contribution in [2.24, 2.45) is 4.99 Å². The average molecular weight is 424 g/mol. The monoisotopic (exact) mass is 423 g/mol. The first-order valence-electron chi connectivity index (χ1n) is 10.1. The highest BCUT2D eigenvalue weighted by atomic mass is 32.2. The molecule has 1 amide bonds. The number of para-hydroxylation sites is 1. The molecule has 3 rings (SSSR count). The van der Waals surface area contributed by atoms with Crippen LogP contribution in [0.4, 0.5) is 0 Å². The molecule has 0 aliphatic heterocycles. The van der Waals surface area contributed by atoms with E-state index in [0.717, 1.165) is 30.8 Å². The lowest BCUT2D eigenvalue weighted by molar-refractivity contribution is -0.127. The predicted molar refractivity (Wildman–Crippen MR) is 126 cm³/mol. The van der Waals surface area contributed by atoms with Crippen LogP contribution < -0.4 is 10.6 Å². The largest absolute Gasteiger partial charge is 0.358 e. The van der Waals surface area contributed by atoms with Crippen molar-refractivity contribution >= 4 is 34.5 Å². The Morgan fingerprint density at radius 3 is 2.53 bits per heavy atom. The minimum absolute atomic E-state index is 0.0228. The number of H-pyrrole nitrogens is 1. The van der Waals surface area contributed by atoms with Crippen molar-refractivity contribution in [3.8, 4) is 0 Å². The number of hydrogen-bond donors (Lipinski definition) is 3. The Hall–Kier alpha value is -2.93. The molecule has 1 heterocycles. The average Bonchev–Trinajstić information content (AvgIpc) is 3.17. The van der Waals surface area contributed by atoms with Crippen molar-refractivity contribution in [3.63, 3.8) is 0 Å². The molecule has 0 bridgehead atoms. The van der Waals surface area contributed by atoms with E-state index in [0.29, 0.717) is 5.96 Å². The lowest BCUT2D eigenvalue weighted by Gasteiger charge is -2.13. The third-order valence-corrected chi connectivity index (χ3v) is 5.56. The van der Waals surface area contributed by atoms with Gasteiger partial charge in [0.05, 0.1) is 0 Å². The van der Waals surface area contributed by atoms with E-state index in [-0.39, 0.29) is 12.5 Å². The molecule has 0 saturated heterocycles. The summed E-state index contributed by atoms with van der Waals surface area (Å²) in [6.45, 7) is 1.61. The van der Waals surface area contributed by atoms with Gasteiger partial charge in [0.2, 0.25) is 5.91 Å². The Balaban J connectivity index is 1.50. The highest BCUT2D eigenvalue weighted by molar-refractivity contribution is 7.99. The molecule has 0 atom stereocenters. The number of guanidine groups is 1. The third-order valence-electron chi connectivity index (χ3n) is 4.55. The number of nitrogens with zero attached hydrogens (tertiary/aromatic N) is 2. The second kappa shape index (κ2) is 11.3. The lowest BCUT2D eigenvalue weighted by atomic mass is 10.2. The Kier molecular flexibility index (Phi) is 8.20. The molecule has 2 aromatic carbocycles. The summed E-state index contributed by atoms with van der Waals surface area (Å²) < 4.78 is 0. The molecule has 0 fully saturated rings. The van der Waals surface area contributed by atoms with Crippen molar-refractivity contribution < 1.29 is 4.79 Å². The topological polar surface area (TPSA) is 72.5 Å². The first-order valence-corrected chi connectivity index (χ1v) is 11.1. The lowest BCUT2D eigenvalue weighted by Crippen LogP contribution is -2.40. The summed E-state index contributed by atoms with van der Waals surface area (Å²) in [7, 11) is 3.48. The number of amides is 1. The van der Waals surface area contributed by atoms with Crippen LogP contribution in [0.2, 0.25) is 0 Å².